The van der Waals surface area contributed by atoms with Gasteiger partial charge < -0.3 is 9.84 Å². The van der Waals surface area contributed by atoms with Crippen LogP contribution in [0.3, 0.4) is 0 Å². The van der Waals surface area contributed by atoms with E-state index in [1.807, 2.05) is 6.92 Å². The van der Waals surface area contributed by atoms with Gasteiger partial charge in [-0.1, -0.05) is 11.3 Å². The fourth-order valence-electron chi connectivity index (χ4n) is 2.46. The molecule has 1 unspecified atom stereocenters. The van der Waals surface area contributed by atoms with Crippen LogP contribution in [0.15, 0.2) is 6.20 Å². The van der Waals surface area contributed by atoms with Crippen LogP contribution in [0.1, 0.15) is 46.3 Å². The van der Waals surface area contributed by atoms with Crippen LogP contribution in [0.5, 0.6) is 0 Å². The van der Waals surface area contributed by atoms with E-state index in [9.17, 15) is 9.90 Å². The summed E-state index contributed by atoms with van der Waals surface area (Å²) in [4.78, 5) is 20.8. The summed E-state index contributed by atoms with van der Waals surface area (Å²) in [6, 6.07) is 0. The second-order valence-electron chi connectivity index (χ2n) is 4.63. The zero-order valence-corrected chi connectivity index (χ0v) is 11.4. The van der Waals surface area contributed by atoms with Gasteiger partial charge in [-0.15, -0.1) is 0 Å². The van der Waals surface area contributed by atoms with Crippen molar-refractivity contribution in [3.05, 3.63) is 22.3 Å². The summed E-state index contributed by atoms with van der Waals surface area (Å²) in [5.74, 6) is -0.968. The van der Waals surface area contributed by atoms with Gasteiger partial charge in [0.2, 0.25) is 0 Å². The topological polar surface area (TPSA) is 72.3 Å². The number of hydrogen-bond acceptors (Lipinski definition) is 5. The number of aryl methyl sites for hydroxylation is 1. The van der Waals surface area contributed by atoms with Crippen molar-refractivity contribution in [3.63, 3.8) is 0 Å². The molecule has 100 valence electrons. The number of carbonyl (C=O) groups is 1. The number of rotatable bonds is 2. The predicted molar refractivity (Wildman–Crippen MR) is 71.7 cm³/mol. The molecular formula is C13H14N2O3S. The Bertz CT molecular complexity index is 632. The Hall–Kier alpha value is -1.53. The molecule has 3 rings (SSSR count). The van der Waals surface area contributed by atoms with E-state index in [-0.39, 0.29) is 11.7 Å². The molecule has 1 fully saturated rings. The number of nitrogens with zero attached hydrogens (tertiary/aromatic N) is 2. The van der Waals surface area contributed by atoms with Gasteiger partial charge in [-0.3, -0.25) is 0 Å². The van der Waals surface area contributed by atoms with Gasteiger partial charge in [-0.25, -0.2) is 14.8 Å². The summed E-state index contributed by atoms with van der Waals surface area (Å²) in [7, 11) is 0. The lowest BCUT2D eigenvalue weighted by Crippen LogP contribution is -2.16. The highest BCUT2D eigenvalue weighted by Crippen LogP contribution is 2.35. The van der Waals surface area contributed by atoms with Gasteiger partial charge in [0.1, 0.15) is 10.3 Å². The van der Waals surface area contributed by atoms with E-state index in [4.69, 9.17) is 4.74 Å². The lowest BCUT2D eigenvalue weighted by atomic mass is 9.97. The van der Waals surface area contributed by atoms with E-state index in [0.717, 1.165) is 29.1 Å². The molecule has 19 heavy (non-hydrogen) atoms. The van der Waals surface area contributed by atoms with Crippen LogP contribution >= 0.6 is 11.3 Å². The molecule has 1 aliphatic heterocycles. The maximum absolute atomic E-state index is 11.4. The number of fused-ring (bicyclic) bond motifs is 1. The molecule has 6 heteroatoms. The highest BCUT2D eigenvalue weighted by atomic mass is 32.1. The monoisotopic (exact) mass is 278 g/mol. The Morgan fingerprint density at radius 2 is 2.37 bits per heavy atom. The molecule has 0 bridgehead atoms. The number of hydrogen-bond donors (Lipinski definition) is 1. The summed E-state index contributed by atoms with van der Waals surface area (Å²) in [6.07, 6.45) is 4.18. The average molecular weight is 278 g/mol. The van der Waals surface area contributed by atoms with E-state index < -0.39 is 5.97 Å². The minimum Gasteiger partial charge on any atom is -0.478 e. The smallest absolute Gasteiger partial charge is 0.337 e. The number of carboxylic acid groups (broad SMARTS) is 1. The molecule has 0 radical (unpaired) electrons. The minimum atomic E-state index is -0.968. The number of pyridine rings is 1. The molecule has 2 aromatic rings. The second kappa shape index (κ2) is 4.86. The summed E-state index contributed by atoms with van der Waals surface area (Å²) in [6.45, 7) is 2.58. The average Bonchev–Trinajstić information content (AvgIpc) is 2.78. The van der Waals surface area contributed by atoms with E-state index >= 15 is 0 Å². The van der Waals surface area contributed by atoms with Crippen LogP contribution in [0.25, 0.3) is 10.3 Å². The van der Waals surface area contributed by atoms with Gasteiger partial charge in [-0.05, 0) is 26.2 Å². The van der Waals surface area contributed by atoms with Gasteiger partial charge >= 0.3 is 5.97 Å². The molecule has 1 N–H and O–H groups in total. The molecule has 0 spiro atoms. The van der Waals surface area contributed by atoms with Crippen LogP contribution in [0.2, 0.25) is 0 Å². The lowest BCUT2D eigenvalue weighted by Gasteiger charge is -2.24. The number of aromatic carboxylic acids is 1. The van der Waals surface area contributed by atoms with Crippen molar-refractivity contribution in [2.45, 2.75) is 32.3 Å². The predicted octanol–water partition coefficient (Wildman–Crippen LogP) is 2.94. The van der Waals surface area contributed by atoms with Crippen molar-refractivity contribution >= 4 is 27.7 Å². The fraction of sp³-hybridized carbons (Fsp3) is 0.462. The van der Waals surface area contributed by atoms with Gasteiger partial charge in [-0.2, -0.15) is 0 Å². The van der Waals surface area contributed by atoms with E-state index in [0.29, 0.717) is 17.7 Å². The normalized spacial score (nSPS) is 19.7. The molecule has 0 aromatic carbocycles. The third-order valence-corrected chi connectivity index (χ3v) is 4.18. The Morgan fingerprint density at radius 1 is 1.53 bits per heavy atom. The summed E-state index contributed by atoms with van der Waals surface area (Å²) < 4.78 is 5.75. The number of carboxylic acids is 1. The Morgan fingerprint density at radius 3 is 3.05 bits per heavy atom. The Balaban J connectivity index is 2.21. The zero-order chi connectivity index (χ0) is 13.4. The lowest BCUT2D eigenvalue weighted by molar-refractivity contribution is 0.0146. The van der Waals surface area contributed by atoms with Crippen LogP contribution < -0.4 is 0 Å². The Labute approximate surface area is 114 Å². The van der Waals surface area contributed by atoms with Crippen molar-refractivity contribution in [1.29, 1.82) is 0 Å². The largest absolute Gasteiger partial charge is 0.478 e. The second-order valence-corrected chi connectivity index (χ2v) is 5.81. The maximum atomic E-state index is 11.4. The summed E-state index contributed by atoms with van der Waals surface area (Å²) >= 11 is 1.48. The number of ether oxygens (including phenoxy) is 1. The standard InChI is InChI=1S/C13H14N2O3S/c1-7-15-11-10(9-4-2-3-5-18-9)8(13(16)17)6-14-12(11)19-7/h6,9H,2-5H2,1H3,(H,16,17). The minimum absolute atomic E-state index is 0.174. The fourth-order valence-corrected chi connectivity index (χ4v) is 3.24. The highest BCUT2D eigenvalue weighted by Gasteiger charge is 2.26. The SMILES string of the molecule is Cc1nc2c(C3CCCCO3)c(C(=O)O)cnc2s1. The molecule has 0 saturated carbocycles. The number of thiazole rings is 1. The molecule has 5 nitrogen and oxygen atoms in total. The maximum Gasteiger partial charge on any atom is 0.337 e. The van der Waals surface area contributed by atoms with E-state index in [2.05, 4.69) is 9.97 Å². The third-order valence-electron chi connectivity index (χ3n) is 3.30. The first-order valence-corrected chi connectivity index (χ1v) is 7.09. The van der Waals surface area contributed by atoms with Crippen LogP contribution in [0, 0.1) is 6.92 Å². The van der Waals surface area contributed by atoms with Gasteiger partial charge in [0.05, 0.1) is 16.7 Å². The molecule has 3 heterocycles. The molecule has 0 amide bonds. The van der Waals surface area contributed by atoms with Crippen LogP contribution in [0.4, 0.5) is 0 Å². The van der Waals surface area contributed by atoms with Crippen molar-refractivity contribution in [2.24, 2.45) is 0 Å². The molecule has 1 atom stereocenters. The van der Waals surface area contributed by atoms with Crippen molar-refractivity contribution in [3.8, 4) is 0 Å². The van der Waals surface area contributed by atoms with E-state index in [1.54, 1.807) is 0 Å². The molecule has 1 aliphatic rings. The summed E-state index contributed by atoms with van der Waals surface area (Å²) in [5.41, 5.74) is 1.60. The first-order chi connectivity index (χ1) is 9.16. The first kappa shape index (κ1) is 12.5. The van der Waals surface area contributed by atoms with E-state index in [1.165, 1.54) is 17.5 Å². The van der Waals surface area contributed by atoms with Gasteiger partial charge in [0.15, 0.2) is 0 Å². The van der Waals surface area contributed by atoms with Crippen molar-refractivity contribution in [1.82, 2.24) is 9.97 Å². The molecule has 1 saturated heterocycles. The van der Waals surface area contributed by atoms with Gasteiger partial charge in [0, 0.05) is 18.4 Å². The highest BCUT2D eigenvalue weighted by molar-refractivity contribution is 7.18. The number of aromatic nitrogens is 2. The van der Waals surface area contributed by atoms with Crippen molar-refractivity contribution < 1.29 is 14.6 Å². The van der Waals surface area contributed by atoms with Gasteiger partial charge in [0.25, 0.3) is 0 Å². The Kier molecular flexibility index (Phi) is 3.20. The molecular weight excluding hydrogens is 264 g/mol. The zero-order valence-electron chi connectivity index (χ0n) is 10.5. The quantitative estimate of drug-likeness (QED) is 0.914. The van der Waals surface area contributed by atoms with Crippen molar-refractivity contribution in [2.75, 3.05) is 6.61 Å². The first-order valence-electron chi connectivity index (χ1n) is 6.27. The molecule has 0 aliphatic carbocycles. The summed E-state index contributed by atoms with van der Waals surface area (Å²) in [5, 5.41) is 10.2. The van der Waals surface area contributed by atoms with Crippen LogP contribution in [-0.4, -0.2) is 27.7 Å². The van der Waals surface area contributed by atoms with Crippen LogP contribution in [-0.2, 0) is 4.74 Å². The third kappa shape index (κ3) is 2.21. The molecule has 2 aromatic heterocycles.